The van der Waals surface area contributed by atoms with Gasteiger partial charge >= 0.3 is 5.97 Å². The molecule has 6 nitrogen and oxygen atoms in total. The lowest BCUT2D eigenvalue weighted by Crippen LogP contribution is -2.35. The molecule has 0 saturated carbocycles. The van der Waals surface area contributed by atoms with Gasteiger partial charge in [-0.25, -0.2) is 4.79 Å². The monoisotopic (exact) mass is 356 g/mol. The highest BCUT2D eigenvalue weighted by atomic mass is 35.5. The molecule has 0 spiro atoms. The summed E-state index contributed by atoms with van der Waals surface area (Å²) in [6.07, 6.45) is 3.51. The van der Waals surface area contributed by atoms with Crippen molar-refractivity contribution in [2.24, 2.45) is 4.40 Å². The summed E-state index contributed by atoms with van der Waals surface area (Å²) in [7, 11) is -3.84. The molecule has 0 unspecified atom stereocenters. The van der Waals surface area contributed by atoms with Gasteiger partial charge in [-0.05, 0) is 31.9 Å². The number of esters is 1. The minimum Gasteiger partial charge on any atom is -0.462 e. The number of carbonyl (C=O) groups is 1. The standard InChI is InChI=1S/C15H17ClN2O4S/c1-2-22-15(19)10-8-13-12(9-11(10)16)18-7-5-3-4-6-14(18)17-23(13,20)21/h8-9H,2-7H2,1H3. The quantitative estimate of drug-likeness (QED) is 0.761. The molecule has 0 N–H and O–H groups in total. The number of ether oxygens (including phenoxy) is 1. The summed E-state index contributed by atoms with van der Waals surface area (Å²) in [5, 5.41) is 0.183. The Morgan fingerprint density at radius 2 is 2.13 bits per heavy atom. The van der Waals surface area contributed by atoms with Gasteiger partial charge in [0.25, 0.3) is 10.0 Å². The average molecular weight is 357 g/mol. The highest BCUT2D eigenvalue weighted by molar-refractivity contribution is 7.90. The summed E-state index contributed by atoms with van der Waals surface area (Å²) in [4.78, 5) is 13.9. The highest BCUT2D eigenvalue weighted by Crippen LogP contribution is 2.38. The molecule has 2 heterocycles. The van der Waals surface area contributed by atoms with Gasteiger partial charge in [-0.3, -0.25) is 0 Å². The van der Waals surface area contributed by atoms with Gasteiger partial charge in [0.15, 0.2) is 0 Å². The largest absolute Gasteiger partial charge is 0.462 e. The third-order valence-electron chi connectivity index (χ3n) is 3.93. The summed E-state index contributed by atoms with van der Waals surface area (Å²) in [6.45, 7) is 2.55. The van der Waals surface area contributed by atoms with Crippen LogP contribution in [0.15, 0.2) is 21.4 Å². The second-order valence-electron chi connectivity index (χ2n) is 5.47. The van der Waals surface area contributed by atoms with Gasteiger partial charge in [-0.15, -0.1) is 4.40 Å². The van der Waals surface area contributed by atoms with Crippen molar-refractivity contribution in [2.45, 2.75) is 37.5 Å². The maximum absolute atomic E-state index is 12.5. The SMILES string of the molecule is CCOC(=O)c1cc2c(cc1Cl)N1CCCCCC1=NS2(=O)=O. The highest BCUT2D eigenvalue weighted by Gasteiger charge is 2.33. The Hall–Kier alpha value is -1.60. The molecule has 0 bridgehead atoms. The number of hydrogen-bond donors (Lipinski definition) is 0. The molecule has 2 aliphatic rings. The van der Waals surface area contributed by atoms with E-state index in [4.69, 9.17) is 16.3 Å². The molecule has 2 aliphatic heterocycles. The van der Waals surface area contributed by atoms with Crippen LogP contribution in [0.1, 0.15) is 43.0 Å². The number of fused-ring (bicyclic) bond motifs is 3. The van der Waals surface area contributed by atoms with Gasteiger partial charge in [-0.2, -0.15) is 8.42 Å². The molecule has 1 fully saturated rings. The number of amidine groups is 1. The van der Waals surface area contributed by atoms with Gasteiger partial charge in [-0.1, -0.05) is 18.0 Å². The molecule has 23 heavy (non-hydrogen) atoms. The third kappa shape index (κ3) is 2.95. The molecule has 8 heteroatoms. The normalized spacial score (nSPS) is 19.2. The van der Waals surface area contributed by atoms with E-state index < -0.39 is 16.0 Å². The van der Waals surface area contributed by atoms with Crippen LogP contribution in [-0.2, 0) is 14.8 Å². The lowest BCUT2D eigenvalue weighted by Gasteiger charge is -2.30. The van der Waals surface area contributed by atoms with E-state index in [0.717, 1.165) is 19.3 Å². The first kappa shape index (κ1) is 16.3. The number of benzene rings is 1. The zero-order valence-corrected chi connectivity index (χ0v) is 14.3. The van der Waals surface area contributed by atoms with E-state index in [-0.39, 0.29) is 22.1 Å². The molecular weight excluding hydrogens is 340 g/mol. The molecule has 0 amide bonds. The van der Waals surface area contributed by atoms with Crippen LogP contribution < -0.4 is 4.90 Å². The van der Waals surface area contributed by atoms with E-state index in [1.54, 1.807) is 6.92 Å². The van der Waals surface area contributed by atoms with Crippen LogP contribution in [0.4, 0.5) is 5.69 Å². The van der Waals surface area contributed by atoms with Crippen molar-refractivity contribution in [3.63, 3.8) is 0 Å². The van der Waals surface area contributed by atoms with Gasteiger partial charge in [0.1, 0.15) is 10.7 Å². The van der Waals surface area contributed by atoms with Crippen LogP contribution in [0, 0.1) is 0 Å². The van der Waals surface area contributed by atoms with Crippen molar-refractivity contribution in [1.82, 2.24) is 0 Å². The second-order valence-corrected chi connectivity index (χ2v) is 7.44. The number of anilines is 1. The molecule has 1 aromatic rings. The molecular formula is C15H17ClN2O4S. The minimum absolute atomic E-state index is 0.00982. The van der Waals surface area contributed by atoms with Gasteiger partial charge in [0.2, 0.25) is 0 Å². The van der Waals surface area contributed by atoms with Gasteiger partial charge in [0.05, 0.1) is 22.9 Å². The Morgan fingerprint density at radius 3 is 2.87 bits per heavy atom. The lowest BCUT2D eigenvalue weighted by molar-refractivity contribution is 0.0526. The van der Waals surface area contributed by atoms with Crippen molar-refractivity contribution in [2.75, 3.05) is 18.1 Å². The van der Waals surface area contributed by atoms with Crippen molar-refractivity contribution in [3.8, 4) is 0 Å². The Kier molecular flexibility index (Phi) is 4.33. The molecule has 0 radical (unpaired) electrons. The Bertz CT molecular complexity index is 789. The van der Waals surface area contributed by atoms with Crippen molar-refractivity contribution in [1.29, 1.82) is 0 Å². The number of sulfonamides is 1. The summed E-state index contributed by atoms with van der Waals surface area (Å²) in [5.74, 6) is -0.0869. The van der Waals surface area contributed by atoms with Crippen LogP contribution >= 0.6 is 11.6 Å². The van der Waals surface area contributed by atoms with Crippen LogP contribution in [0.5, 0.6) is 0 Å². The summed E-state index contributed by atoms with van der Waals surface area (Å²) in [5.41, 5.74) is 0.541. The molecule has 0 atom stereocenters. The van der Waals surface area contributed by atoms with Gasteiger partial charge in [0, 0.05) is 13.0 Å². The first-order valence-corrected chi connectivity index (χ1v) is 9.38. The summed E-state index contributed by atoms with van der Waals surface area (Å²) < 4.78 is 33.8. The Balaban J connectivity index is 2.16. The number of halogens is 1. The van der Waals surface area contributed by atoms with E-state index in [1.807, 2.05) is 4.90 Å². The smallest absolute Gasteiger partial charge is 0.339 e. The fourth-order valence-electron chi connectivity index (χ4n) is 2.86. The van der Waals surface area contributed by atoms with E-state index in [0.29, 0.717) is 24.5 Å². The minimum atomic E-state index is -3.84. The fraction of sp³-hybridized carbons (Fsp3) is 0.467. The van der Waals surface area contributed by atoms with Crippen LogP contribution in [-0.4, -0.2) is 33.4 Å². The number of nitrogens with zero attached hydrogens (tertiary/aromatic N) is 2. The molecule has 1 aromatic carbocycles. The predicted molar refractivity (Wildman–Crippen MR) is 87.8 cm³/mol. The zero-order valence-electron chi connectivity index (χ0n) is 12.7. The molecule has 1 saturated heterocycles. The Morgan fingerprint density at radius 1 is 1.35 bits per heavy atom. The van der Waals surface area contributed by atoms with Crippen LogP contribution in [0.3, 0.4) is 0 Å². The van der Waals surface area contributed by atoms with E-state index >= 15 is 0 Å². The maximum atomic E-state index is 12.5. The lowest BCUT2D eigenvalue weighted by atomic mass is 10.1. The molecule has 0 aromatic heterocycles. The number of rotatable bonds is 2. The first-order chi connectivity index (χ1) is 10.9. The van der Waals surface area contributed by atoms with Crippen LogP contribution in [0.2, 0.25) is 5.02 Å². The molecule has 0 aliphatic carbocycles. The molecule has 3 rings (SSSR count). The van der Waals surface area contributed by atoms with Crippen molar-refractivity contribution in [3.05, 3.63) is 22.7 Å². The van der Waals surface area contributed by atoms with Crippen molar-refractivity contribution < 1.29 is 17.9 Å². The topological polar surface area (TPSA) is 76.0 Å². The summed E-state index contributed by atoms with van der Waals surface area (Å²) >= 11 is 6.19. The van der Waals surface area contributed by atoms with E-state index in [2.05, 4.69) is 4.40 Å². The third-order valence-corrected chi connectivity index (χ3v) is 5.58. The van der Waals surface area contributed by atoms with Crippen molar-refractivity contribution >= 4 is 39.1 Å². The molecule has 124 valence electrons. The second kappa shape index (κ2) is 6.13. The predicted octanol–water partition coefficient (Wildman–Crippen LogP) is 3.00. The van der Waals surface area contributed by atoms with Crippen LogP contribution in [0.25, 0.3) is 0 Å². The number of hydrogen-bond acceptors (Lipinski definition) is 5. The number of carbonyl (C=O) groups excluding carboxylic acids is 1. The zero-order chi connectivity index (χ0) is 16.6. The van der Waals surface area contributed by atoms with E-state index in [1.165, 1.54) is 12.1 Å². The Labute approximate surface area is 140 Å². The summed E-state index contributed by atoms with van der Waals surface area (Å²) in [6, 6.07) is 2.80. The van der Waals surface area contributed by atoms with E-state index in [9.17, 15) is 13.2 Å². The first-order valence-electron chi connectivity index (χ1n) is 7.56. The van der Waals surface area contributed by atoms with Gasteiger partial charge < -0.3 is 9.64 Å². The fourth-order valence-corrected chi connectivity index (χ4v) is 4.36. The average Bonchev–Trinajstić information content (AvgIpc) is 2.71. The maximum Gasteiger partial charge on any atom is 0.339 e.